The molecular formula is C17H18N4O2. The van der Waals surface area contributed by atoms with Gasteiger partial charge in [-0.2, -0.15) is 0 Å². The Morgan fingerprint density at radius 1 is 1.17 bits per heavy atom. The van der Waals surface area contributed by atoms with E-state index < -0.39 is 0 Å². The third kappa shape index (κ3) is 2.55. The molecule has 6 heteroatoms. The van der Waals surface area contributed by atoms with Crippen LogP contribution in [-0.2, 0) is 16.1 Å². The quantitative estimate of drug-likeness (QED) is 0.871. The van der Waals surface area contributed by atoms with Crippen LogP contribution in [0, 0.1) is 0 Å². The summed E-state index contributed by atoms with van der Waals surface area (Å²) in [5, 5.41) is 4.26. The Hall–Kier alpha value is -2.47. The fourth-order valence-corrected chi connectivity index (χ4v) is 3.29. The first-order valence-corrected chi connectivity index (χ1v) is 7.86. The highest BCUT2D eigenvalue weighted by Crippen LogP contribution is 2.18. The molecule has 3 heterocycles. The molecule has 1 aromatic carbocycles. The van der Waals surface area contributed by atoms with E-state index in [4.69, 9.17) is 0 Å². The average Bonchev–Trinajstić information content (AvgIpc) is 2.59. The lowest BCUT2D eigenvalue weighted by Crippen LogP contribution is -2.66. The minimum atomic E-state index is -0.370. The zero-order valence-corrected chi connectivity index (χ0v) is 12.7. The summed E-state index contributed by atoms with van der Waals surface area (Å²) >= 11 is 0. The number of hydrogen-bond acceptors (Lipinski definition) is 4. The maximum Gasteiger partial charge on any atom is 0.247 e. The molecule has 4 rings (SSSR count). The van der Waals surface area contributed by atoms with E-state index in [1.807, 2.05) is 36.4 Å². The number of para-hydroxylation sites is 1. The second-order valence-electron chi connectivity index (χ2n) is 6.00. The van der Waals surface area contributed by atoms with Crippen molar-refractivity contribution < 1.29 is 9.59 Å². The van der Waals surface area contributed by atoms with Crippen molar-refractivity contribution in [3.8, 4) is 0 Å². The Kier molecular flexibility index (Phi) is 3.46. The maximum absolute atomic E-state index is 12.6. The fourth-order valence-electron chi connectivity index (χ4n) is 3.29. The molecule has 2 aromatic rings. The smallest absolute Gasteiger partial charge is 0.247 e. The number of rotatable bonds is 2. The zero-order chi connectivity index (χ0) is 15.8. The van der Waals surface area contributed by atoms with Crippen LogP contribution in [-0.4, -0.2) is 58.8 Å². The van der Waals surface area contributed by atoms with Gasteiger partial charge in [-0.25, -0.2) is 0 Å². The molecule has 2 amide bonds. The highest BCUT2D eigenvalue weighted by molar-refractivity contribution is 5.95. The molecule has 1 aromatic heterocycles. The number of amides is 2. The predicted octanol–water partition coefficient (Wildman–Crippen LogP) is 0.377. The second-order valence-corrected chi connectivity index (χ2v) is 6.00. The van der Waals surface area contributed by atoms with Crippen molar-refractivity contribution in [2.45, 2.75) is 12.6 Å². The van der Waals surface area contributed by atoms with Gasteiger partial charge in [-0.15, -0.1) is 0 Å². The van der Waals surface area contributed by atoms with Gasteiger partial charge in [0.15, 0.2) is 0 Å². The summed E-state index contributed by atoms with van der Waals surface area (Å²) in [6, 6.07) is 11.4. The first-order chi connectivity index (χ1) is 11.2. The van der Waals surface area contributed by atoms with Gasteiger partial charge >= 0.3 is 0 Å². The molecule has 2 aliphatic rings. The van der Waals surface area contributed by atoms with Crippen molar-refractivity contribution in [1.29, 1.82) is 0 Å². The molecule has 118 valence electrons. The summed E-state index contributed by atoms with van der Waals surface area (Å²) in [5.74, 6) is 0.0312. The van der Waals surface area contributed by atoms with Crippen LogP contribution < -0.4 is 5.32 Å². The van der Waals surface area contributed by atoms with Gasteiger partial charge in [0.1, 0.15) is 12.6 Å². The number of carbonyl (C=O) groups excluding carboxylic acids is 2. The van der Waals surface area contributed by atoms with Gasteiger partial charge in [-0.3, -0.25) is 14.6 Å². The summed E-state index contributed by atoms with van der Waals surface area (Å²) < 4.78 is 0. The molecule has 0 saturated carbocycles. The van der Waals surface area contributed by atoms with Crippen LogP contribution in [0.15, 0.2) is 36.4 Å². The largest absolute Gasteiger partial charge is 0.327 e. The van der Waals surface area contributed by atoms with E-state index in [1.54, 1.807) is 9.80 Å². The number of nitrogens with zero attached hydrogens (tertiary/aromatic N) is 3. The monoisotopic (exact) mass is 310 g/mol. The van der Waals surface area contributed by atoms with Crippen molar-refractivity contribution >= 4 is 22.7 Å². The minimum absolute atomic E-state index is 0.00626. The Labute approximate surface area is 134 Å². The van der Waals surface area contributed by atoms with Gasteiger partial charge in [-0.05, 0) is 12.1 Å². The topological polar surface area (TPSA) is 65.5 Å². The van der Waals surface area contributed by atoms with E-state index in [2.05, 4.69) is 10.3 Å². The van der Waals surface area contributed by atoms with Crippen LogP contribution in [0.4, 0.5) is 0 Å². The summed E-state index contributed by atoms with van der Waals surface area (Å²) in [6.45, 7) is 2.41. The lowest BCUT2D eigenvalue weighted by molar-refractivity contribution is -0.157. The van der Waals surface area contributed by atoms with Gasteiger partial charge in [0, 0.05) is 25.0 Å². The third-order valence-electron chi connectivity index (χ3n) is 4.50. The van der Waals surface area contributed by atoms with E-state index in [-0.39, 0.29) is 24.4 Å². The molecule has 0 bridgehead atoms. The molecule has 0 aliphatic carbocycles. The zero-order valence-electron chi connectivity index (χ0n) is 12.7. The number of aromatic nitrogens is 1. The van der Waals surface area contributed by atoms with Crippen molar-refractivity contribution in [3.05, 3.63) is 42.1 Å². The maximum atomic E-state index is 12.6. The molecule has 2 fully saturated rings. The van der Waals surface area contributed by atoms with Crippen LogP contribution in [0.1, 0.15) is 5.69 Å². The first-order valence-electron chi connectivity index (χ1n) is 7.86. The Bertz CT molecular complexity index is 776. The van der Waals surface area contributed by atoms with Crippen LogP contribution >= 0.6 is 0 Å². The normalized spacial score (nSPS) is 21.7. The number of carbonyl (C=O) groups is 2. The van der Waals surface area contributed by atoms with Gasteiger partial charge in [0.2, 0.25) is 11.8 Å². The van der Waals surface area contributed by atoms with Crippen LogP contribution in [0.2, 0.25) is 0 Å². The summed E-state index contributed by atoms with van der Waals surface area (Å²) in [6.07, 6.45) is 0. The minimum Gasteiger partial charge on any atom is -0.327 e. The summed E-state index contributed by atoms with van der Waals surface area (Å²) in [7, 11) is 0. The van der Waals surface area contributed by atoms with Crippen molar-refractivity contribution in [1.82, 2.24) is 20.1 Å². The van der Waals surface area contributed by atoms with Gasteiger partial charge in [0.25, 0.3) is 0 Å². The molecule has 23 heavy (non-hydrogen) atoms. The Morgan fingerprint density at radius 2 is 2.04 bits per heavy atom. The molecule has 0 radical (unpaired) electrons. The molecular weight excluding hydrogens is 292 g/mol. The molecule has 2 saturated heterocycles. The van der Waals surface area contributed by atoms with E-state index in [0.29, 0.717) is 19.6 Å². The Balaban J connectivity index is 1.57. The van der Waals surface area contributed by atoms with Crippen LogP contribution in [0.25, 0.3) is 10.9 Å². The number of hydrogen-bond donors (Lipinski definition) is 1. The number of benzene rings is 1. The average molecular weight is 310 g/mol. The fraction of sp³-hybridized carbons (Fsp3) is 0.353. The van der Waals surface area contributed by atoms with Crippen LogP contribution in [0.3, 0.4) is 0 Å². The highest BCUT2D eigenvalue weighted by atomic mass is 16.2. The number of piperazine rings is 2. The van der Waals surface area contributed by atoms with Crippen LogP contribution in [0.5, 0.6) is 0 Å². The molecule has 1 unspecified atom stereocenters. The SMILES string of the molecule is O=C1C2CNCCN2C(=O)CN1Cc1ccc2ccccc2n1. The van der Waals surface area contributed by atoms with Crippen molar-refractivity contribution in [2.75, 3.05) is 26.2 Å². The molecule has 2 aliphatic heterocycles. The number of pyridine rings is 1. The third-order valence-corrected chi connectivity index (χ3v) is 4.50. The molecule has 1 N–H and O–H groups in total. The van der Waals surface area contributed by atoms with E-state index in [0.717, 1.165) is 23.1 Å². The second kappa shape index (κ2) is 5.62. The molecule has 6 nitrogen and oxygen atoms in total. The number of nitrogens with one attached hydrogen (secondary N) is 1. The van der Waals surface area contributed by atoms with Gasteiger partial charge in [0.05, 0.1) is 17.8 Å². The summed E-state index contributed by atoms with van der Waals surface area (Å²) in [4.78, 5) is 32.8. The summed E-state index contributed by atoms with van der Waals surface area (Å²) in [5.41, 5.74) is 1.71. The van der Waals surface area contributed by atoms with Gasteiger partial charge in [-0.1, -0.05) is 24.3 Å². The van der Waals surface area contributed by atoms with E-state index in [1.165, 1.54) is 0 Å². The standard InChI is InChI=1S/C17H18N4O2/c22-16-11-20(17(23)15-9-18-7-8-21(15)16)10-13-6-5-12-3-1-2-4-14(12)19-13/h1-6,15,18H,7-11H2. The lowest BCUT2D eigenvalue weighted by Gasteiger charge is -2.42. The molecule has 1 atom stereocenters. The van der Waals surface area contributed by atoms with Crippen molar-refractivity contribution in [3.63, 3.8) is 0 Å². The predicted molar refractivity (Wildman–Crippen MR) is 85.5 cm³/mol. The Morgan fingerprint density at radius 3 is 2.96 bits per heavy atom. The van der Waals surface area contributed by atoms with Crippen molar-refractivity contribution in [2.24, 2.45) is 0 Å². The first kappa shape index (κ1) is 14.1. The van der Waals surface area contributed by atoms with Gasteiger partial charge < -0.3 is 15.1 Å². The van der Waals surface area contributed by atoms with E-state index >= 15 is 0 Å². The molecule has 0 spiro atoms. The number of fused-ring (bicyclic) bond motifs is 2. The highest BCUT2D eigenvalue weighted by Gasteiger charge is 2.40. The van der Waals surface area contributed by atoms with E-state index in [9.17, 15) is 9.59 Å². The lowest BCUT2D eigenvalue weighted by atomic mass is 10.1.